The first-order chi connectivity index (χ1) is 15.4. The highest BCUT2D eigenvalue weighted by Gasteiger charge is 2.27. The second-order valence-corrected chi connectivity index (χ2v) is 7.55. The number of amides is 2. The lowest BCUT2D eigenvalue weighted by Gasteiger charge is -2.27. The van der Waals surface area contributed by atoms with Gasteiger partial charge in [0.15, 0.2) is 0 Å². The monoisotopic (exact) mass is 455 g/mol. The Labute approximate surface area is 191 Å². The van der Waals surface area contributed by atoms with E-state index in [1.165, 1.54) is 31.4 Å². The molecule has 0 unspecified atom stereocenters. The zero-order chi connectivity index (χ0) is 23.1. The molecule has 0 saturated carbocycles. The first-order valence-electron chi connectivity index (χ1n) is 9.82. The zero-order valence-corrected chi connectivity index (χ0v) is 18.4. The smallest absolute Gasteiger partial charge is 0.246 e. The van der Waals surface area contributed by atoms with Crippen LogP contribution in [0.3, 0.4) is 0 Å². The van der Waals surface area contributed by atoms with E-state index in [1.807, 2.05) is 30.3 Å². The molecule has 166 valence electrons. The minimum atomic E-state index is -0.756. The second-order valence-electron chi connectivity index (χ2n) is 7.12. The maximum atomic E-state index is 13.2. The number of ether oxygens (including phenoxy) is 1. The molecule has 0 radical (unpaired) electrons. The van der Waals surface area contributed by atoms with Gasteiger partial charge < -0.3 is 15.4 Å². The predicted molar refractivity (Wildman–Crippen MR) is 123 cm³/mol. The predicted octanol–water partition coefficient (Wildman–Crippen LogP) is 4.74. The van der Waals surface area contributed by atoms with Crippen molar-refractivity contribution in [3.63, 3.8) is 0 Å². The summed E-state index contributed by atoms with van der Waals surface area (Å²) in [6.07, 6.45) is 0. The molecule has 0 aliphatic heterocycles. The van der Waals surface area contributed by atoms with Gasteiger partial charge in [0.1, 0.15) is 17.6 Å². The van der Waals surface area contributed by atoms with E-state index in [-0.39, 0.29) is 18.4 Å². The molecule has 2 amide bonds. The minimum Gasteiger partial charge on any atom is -0.495 e. The molecule has 0 aliphatic rings. The van der Waals surface area contributed by atoms with E-state index in [0.29, 0.717) is 27.7 Å². The van der Waals surface area contributed by atoms with Gasteiger partial charge in [0.05, 0.1) is 19.3 Å². The summed E-state index contributed by atoms with van der Waals surface area (Å²) in [5.74, 6) is -0.617. The van der Waals surface area contributed by atoms with Crippen molar-refractivity contribution in [1.29, 1.82) is 0 Å². The highest BCUT2D eigenvalue weighted by atomic mass is 35.5. The van der Waals surface area contributed by atoms with Crippen molar-refractivity contribution in [3.8, 4) is 5.75 Å². The number of carbonyl (C=O) groups is 2. The van der Waals surface area contributed by atoms with Gasteiger partial charge in [-0.3, -0.25) is 14.5 Å². The van der Waals surface area contributed by atoms with Crippen molar-refractivity contribution in [2.45, 2.75) is 6.04 Å². The van der Waals surface area contributed by atoms with Gasteiger partial charge in [-0.2, -0.15) is 0 Å². The third-order valence-electron chi connectivity index (χ3n) is 4.74. The van der Waals surface area contributed by atoms with Crippen LogP contribution in [-0.4, -0.2) is 37.4 Å². The van der Waals surface area contributed by atoms with Crippen molar-refractivity contribution >= 4 is 34.8 Å². The molecule has 0 spiro atoms. The summed E-state index contributed by atoms with van der Waals surface area (Å²) in [4.78, 5) is 27.5. The Morgan fingerprint density at radius 3 is 2.38 bits per heavy atom. The van der Waals surface area contributed by atoms with E-state index in [4.69, 9.17) is 16.3 Å². The molecule has 3 aromatic carbocycles. The number of halogens is 2. The third-order valence-corrected chi connectivity index (χ3v) is 4.98. The lowest BCUT2D eigenvalue weighted by Crippen LogP contribution is -2.39. The fourth-order valence-corrected chi connectivity index (χ4v) is 3.44. The van der Waals surface area contributed by atoms with Crippen molar-refractivity contribution in [2.24, 2.45) is 0 Å². The van der Waals surface area contributed by atoms with Crippen LogP contribution in [0.15, 0.2) is 72.8 Å². The average molecular weight is 456 g/mol. The maximum Gasteiger partial charge on any atom is 0.246 e. The second kappa shape index (κ2) is 10.7. The maximum absolute atomic E-state index is 13.2. The number of benzene rings is 3. The summed E-state index contributed by atoms with van der Waals surface area (Å²) in [5.41, 5.74) is 1.60. The molecule has 3 aromatic rings. The molecular weight excluding hydrogens is 433 g/mol. The Morgan fingerprint density at radius 2 is 1.72 bits per heavy atom. The molecule has 6 nitrogen and oxygen atoms in total. The molecule has 0 saturated heterocycles. The largest absolute Gasteiger partial charge is 0.495 e. The molecule has 8 heteroatoms. The van der Waals surface area contributed by atoms with Gasteiger partial charge in [0.25, 0.3) is 0 Å². The molecule has 0 fully saturated rings. The van der Waals surface area contributed by atoms with Crippen LogP contribution in [0, 0.1) is 5.82 Å². The van der Waals surface area contributed by atoms with Crippen LogP contribution in [0.1, 0.15) is 11.6 Å². The van der Waals surface area contributed by atoms with Crippen molar-refractivity contribution in [2.75, 3.05) is 31.3 Å². The van der Waals surface area contributed by atoms with Crippen LogP contribution < -0.4 is 15.4 Å². The summed E-state index contributed by atoms with van der Waals surface area (Å²) in [6, 6.07) is 18.7. The average Bonchev–Trinajstić information content (AvgIpc) is 2.76. The zero-order valence-electron chi connectivity index (χ0n) is 17.6. The number of hydrogen-bond acceptors (Lipinski definition) is 4. The Balaban J connectivity index is 1.77. The standard InChI is InChI=1S/C24H23ClFN3O3/c1-29(15-22(30)28-20-14-17(25)8-13-21(20)32-2)23(16-6-4-3-5-7-16)24(31)27-19-11-9-18(26)10-12-19/h3-14,23H,15H2,1-2H3,(H,27,31)(H,28,30)/t23-/m1/s1. The van der Waals surface area contributed by atoms with Crippen LogP contribution in [0.25, 0.3) is 0 Å². The molecule has 0 bridgehead atoms. The summed E-state index contributed by atoms with van der Waals surface area (Å²) >= 11 is 6.03. The van der Waals surface area contributed by atoms with Gasteiger partial charge in [-0.05, 0) is 55.1 Å². The van der Waals surface area contributed by atoms with Crippen LogP contribution in [0.4, 0.5) is 15.8 Å². The van der Waals surface area contributed by atoms with Gasteiger partial charge in [0, 0.05) is 10.7 Å². The van der Waals surface area contributed by atoms with E-state index in [0.717, 1.165) is 0 Å². The molecule has 0 heterocycles. The number of nitrogens with zero attached hydrogens (tertiary/aromatic N) is 1. The number of hydrogen-bond donors (Lipinski definition) is 2. The summed E-state index contributed by atoms with van der Waals surface area (Å²) in [7, 11) is 3.17. The van der Waals surface area contributed by atoms with E-state index in [2.05, 4.69) is 10.6 Å². The molecule has 0 aromatic heterocycles. The van der Waals surface area contributed by atoms with E-state index in [1.54, 1.807) is 30.1 Å². The van der Waals surface area contributed by atoms with E-state index in [9.17, 15) is 14.0 Å². The lowest BCUT2D eigenvalue weighted by atomic mass is 10.0. The molecular formula is C24H23ClFN3O3. The fourth-order valence-electron chi connectivity index (χ4n) is 3.27. The third kappa shape index (κ3) is 6.06. The first-order valence-corrected chi connectivity index (χ1v) is 10.2. The number of rotatable bonds is 8. The van der Waals surface area contributed by atoms with Crippen LogP contribution in [-0.2, 0) is 9.59 Å². The Morgan fingerprint density at radius 1 is 1.03 bits per heavy atom. The number of methoxy groups -OCH3 is 1. The van der Waals surface area contributed by atoms with Gasteiger partial charge in [0.2, 0.25) is 11.8 Å². The lowest BCUT2D eigenvalue weighted by molar-refractivity contribution is -0.123. The minimum absolute atomic E-state index is 0.0773. The summed E-state index contributed by atoms with van der Waals surface area (Å²) < 4.78 is 18.5. The van der Waals surface area contributed by atoms with Crippen LogP contribution in [0.5, 0.6) is 5.75 Å². The van der Waals surface area contributed by atoms with E-state index < -0.39 is 11.9 Å². The van der Waals surface area contributed by atoms with E-state index >= 15 is 0 Å². The first kappa shape index (κ1) is 23.2. The summed E-state index contributed by atoms with van der Waals surface area (Å²) in [6.45, 7) is -0.0773. The Bertz CT molecular complexity index is 1080. The van der Waals surface area contributed by atoms with Crippen molar-refractivity contribution in [1.82, 2.24) is 4.90 Å². The van der Waals surface area contributed by atoms with Crippen LogP contribution in [0.2, 0.25) is 5.02 Å². The summed E-state index contributed by atoms with van der Waals surface area (Å²) in [5, 5.41) is 6.01. The topological polar surface area (TPSA) is 70.7 Å². The molecule has 3 rings (SSSR count). The van der Waals surface area contributed by atoms with Gasteiger partial charge >= 0.3 is 0 Å². The number of carbonyl (C=O) groups excluding carboxylic acids is 2. The van der Waals surface area contributed by atoms with Gasteiger partial charge in [-0.25, -0.2) is 4.39 Å². The number of likely N-dealkylation sites (N-methyl/N-ethyl adjacent to an activating group) is 1. The molecule has 0 aliphatic carbocycles. The van der Waals surface area contributed by atoms with Crippen LogP contribution >= 0.6 is 11.6 Å². The van der Waals surface area contributed by atoms with Gasteiger partial charge in [-0.1, -0.05) is 41.9 Å². The SMILES string of the molecule is COc1ccc(Cl)cc1NC(=O)CN(C)[C@@H](C(=O)Nc1ccc(F)cc1)c1ccccc1. The molecule has 32 heavy (non-hydrogen) atoms. The number of nitrogens with one attached hydrogen (secondary N) is 2. The molecule has 1 atom stereocenters. The Kier molecular flexibility index (Phi) is 7.81. The quantitative estimate of drug-likeness (QED) is 0.514. The highest BCUT2D eigenvalue weighted by Crippen LogP contribution is 2.28. The number of anilines is 2. The molecule has 2 N–H and O–H groups in total. The van der Waals surface area contributed by atoms with Crippen molar-refractivity contribution in [3.05, 3.63) is 89.2 Å². The Hall–Kier alpha value is -3.42. The highest BCUT2D eigenvalue weighted by molar-refractivity contribution is 6.31. The fraction of sp³-hybridized carbons (Fsp3) is 0.167. The normalized spacial score (nSPS) is 11.7. The van der Waals surface area contributed by atoms with Gasteiger partial charge in [-0.15, -0.1) is 0 Å². The van der Waals surface area contributed by atoms with Crippen molar-refractivity contribution < 1.29 is 18.7 Å².